The third-order valence-corrected chi connectivity index (χ3v) is 4.24. The molecule has 3 aromatic rings. The van der Waals surface area contributed by atoms with Crippen LogP contribution in [0.3, 0.4) is 0 Å². The highest BCUT2D eigenvalue weighted by Gasteiger charge is 2.11. The number of rotatable bonds is 8. The predicted octanol–water partition coefficient (Wildman–Crippen LogP) is 4.27. The standard InChI is InChI=1S/C24H19FN2O4/c25-20-8-4-18(5-9-20)15-30-22-3-1-2-19(14-22)24(29)31-16-23(28)27-21-10-6-17(7-11-21)12-13-26/h1-11,14H,12,15-16H2,(H,27,28). The number of carbonyl (C=O) groups is 2. The van der Waals surface area contributed by atoms with Crippen LogP contribution in [-0.4, -0.2) is 18.5 Å². The largest absolute Gasteiger partial charge is 0.489 e. The molecule has 0 saturated carbocycles. The van der Waals surface area contributed by atoms with Gasteiger partial charge in [0, 0.05) is 5.69 Å². The number of anilines is 1. The lowest BCUT2D eigenvalue weighted by Crippen LogP contribution is -2.20. The zero-order valence-electron chi connectivity index (χ0n) is 16.5. The molecule has 6 nitrogen and oxygen atoms in total. The number of nitrogens with one attached hydrogen (secondary N) is 1. The number of nitrogens with zero attached hydrogens (tertiary/aromatic N) is 1. The van der Waals surface area contributed by atoms with Crippen molar-refractivity contribution in [2.45, 2.75) is 13.0 Å². The quantitative estimate of drug-likeness (QED) is 0.552. The molecular weight excluding hydrogens is 399 g/mol. The maximum Gasteiger partial charge on any atom is 0.338 e. The summed E-state index contributed by atoms with van der Waals surface area (Å²) in [5.74, 6) is -1.02. The maximum absolute atomic E-state index is 13.0. The molecular formula is C24H19FN2O4. The number of amides is 1. The van der Waals surface area contributed by atoms with E-state index in [2.05, 4.69) is 5.32 Å². The first-order valence-corrected chi connectivity index (χ1v) is 9.43. The highest BCUT2D eigenvalue weighted by Crippen LogP contribution is 2.16. The van der Waals surface area contributed by atoms with Crippen LogP contribution in [0.1, 0.15) is 21.5 Å². The number of esters is 1. The molecule has 0 aliphatic carbocycles. The van der Waals surface area contributed by atoms with Crippen LogP contribution in [0.25, 0.3) is 0 Å². The van der Waals surface area contributed by atoms with Crippen molar-refractivity contribution in [2.24, 2.45) is 0 Å². The van der Waals surface area contributed by atoms with Crippen molar-refractivity contribution in [3.8, 4) is 11.8 Å². The normalized spacial score (nSPS) is 10.1. The van der Waals surface area contributed by atoms with E-state index >= 15 is 0 Å². The van der Waals surface area contributed by atoms with Crippen molar-refractivity contribution in [1.82, 2.24) is 0 Å². The SMILES string of the molecule is N#CCc1ccc(NC(=O)COC(=O)c2cccc(OCc3ccc(F)cc3)c2)cc1. The molecule has 0 radical (unpaired) electrons. The van der Waals surface area contributed by atoms with E-state index in [1.54, 1.807) is 54.6 Å². The van der Waals surface area contributed by atoms with Gasteiger partial charge in [-0.3, -0.25) is 4.79 Å². The second-order valence-electron chi connectivity index (χ2n) is 6.60. The summed E-state index contributed by atoms with van der Waals surface area (Å²) in [6.45, 7) is -0.228. The number of carbonyl (C=O) groups excluding carboxylic acids is 2. The van der Waals surface area contributed by atoms with Gasteiger partial charge >= 0.3 is 5.97 Å². The van der Waals surface area contributed by atoms with Crippen molar-refractivity contribution in [1.29, 1.82) is 5.26 Å². The molecule has 1 N–H and O–H groups in total. The minimum Gasteiger partial charge on any atom is -0.489 e. The second kappa shape index (κ2) is 10.6. The van der Waals surface area contributed by atoms with Crippen LogP contribution < -0.4 is 10.1 Å². The molecule has 3 aromatic carbocycles. The lowest BCUT2D eigenvalue weighted by molar-refractivity contribution is -0.119. The summed E-state index contributed by atoms with van der Waals surface area (Å²) < 4.78 is 23.6. The molecule has 0 saturated heterocycles. The van der Waals surface area contributed by atoms with E-state index < -0.39 is 18.5 Å². The minimum atomic E-state index is -0.660. The number of benzene rings is 3. The van der Waals surface area contributed by atoms with E-state index in [-0.39, 0.29) is 18.0 Å². The van der Waals surface area contributed by atoms with Gasteiger partial charge in [-0.1, -0.05) is 30.3 Å². The molecule has 0 aliphatic rings. The molecule has 0 spiro atoms. The summed E-state index contributed by atoms with van der Waals surface area (Å²) in [7, 11) is 0. The molecule has 0 aromatic heterocycles. The molecule has 7 heteroatoms. The number of hydrogen-bond acceptors (Lipinski definition) is 5. The summed E-state index contributed by atoms with van der Waals surface area (Å²) in [5, 5.41) is 11.3. The molecule has 0 unspecified atom stereocenters. The first-order chi connectivity index (χ1) is 15.0. The van der Waals surface area contributed by atoms with Crippen LogP contribution in [0.4, 0.5) is 10.1 Å². The van der Waals surface area contributed by atoms with Crippen molar-refractivity contribution in [3.05, 3.63) is 95.3 Å². The Hall–Kier alpha value is -4.18. The van der Waals surface area contributed by atoms with E-state index in [0.717, 1.165) is 11.1 Å². The summed E-state index contributed by atoms with van der Waals surface area (Å²) in [5.41, 5.74) is 2.41. The fraction of sp³-hybridized carbons (Fsp3) is 0.125. The van der Waals surface area contributed by atoms with Gasteiger partial charge in [0.25, 0.3) is 5.91 Å². The van der Waals surface area contributed by atoms with Crippen LogP contribution >= 0.6 is 0 Å². The Morgan fingerprint density at radius 3 is 2.39 bits per heavy atom. The molecule has 0 heterocycles. The fourth-order valence-corrected chi connectivity index (χ4v) is 2.67. The summed E-state index contributed by atoms with van der Waals surface area (Å²) >= 11 is 0. The summed E-state index contributed by atoms with van der Waals surface area (Å²) in [4.78, 5) is 24.3. The molecule has 0 aliphatic heterocycles. The average Bonchev–Trinajstić information content (AvgIpc) is 2.79. The van der Waals surface area contributed by atoms with Crippen molar-refractivity contribution in [2.75, 3.05) is 11.9 Å². The van der Waals surface area contributed by atoms with Gasteiger partial charge in [-0.25, -0.2) is 9.18 Å². The molecule has 3 rings (SSSR count). The first kappa shape index (κ1) is 21.5. The van der Waals surface area contributed by atoms with Crippen LogP contribution in [0.2, 0.25) is 0 Å². The van der Waals surface area contributed by atoms with E-state index in [0.29, 0.717) is 17.9 Å². The number of ether oxygens (including phenoxy) is 2. The van der Waals surface area contributed by atoms with E-state index in [1.165, 1.54) is 18.2 Å². The van der Waals surface area contributed by atoms with Gasteiger partial charge in [-0.05, 0) is 53.6 Å². The lowest BCUT2D eigenvalue weighted by Gasteiger charge is -2.09. The van der Waals surface area contributed by atoms with Crippen LogP contribution in [0.5, 0.6) is 5.75 Å². The number of nitriles is 1. The highest BCUT2D eigenvalue weighted by molar-refractivity contribution is 5.95. The zero-order chi connectivity index (χ0) is 22.1. The Labute approximate surface area is 178 Å². The number of hydrogen-bond donors (Lipinski definition) is 1. The summed E-state index contributed by atoms with van der Waals surface area (Å²) in [6, 6.07) is 21.2. The Balaban J connectivity index is 1.49. The average molecular weight is 418 g/mol. The zero-order valence-corrected chi connectivity index (χ0v) is 16.5. The Bertz CT molecular complexity index is 1090. The van der Waals surface area contributed by atoms with Crippen LogP contribution in [0.15, 0.2) is 72.8 Å². The highest BCUT2D eigenvalue weighted by atomic mass is 19.1. The third kappa shape index (κ3) is 6.68. The van der Waals surface area contributed by atoms with Crippen molar-refractivity contribution in [3.63, 3.8) is 0 Å². The van der Waals surface area contributed by atoms with Gasteiger partial charge in [-0.15, -0.1) is 0 Å². The Morgan fingerprint density at radius 1 is 0.968 bits per heavy atom. The molecule has 1 amide bonds. The van der Waals surface area contributed by atoms with Gasteiger partial charge in [0.1, 0.15) is 18.2 Å². The monoisotopic (exact) mass is 418 g/mol. The minimum absolute atomic E-state index is 0.217. The van der Waals surface area contributed by atoms with E-state index in [1.807, 2.05) is 6.07 Å². The lowest BCUT2D eigenvalue weighted by atomic mass is 10.1. The van der Waals surface area contributed by atoms with Crippen LogP contribution in [-0.2, 0) is 22.6 Å². The molecule has 0 fully saturated rings. The van der Waals surface area contributed by atoms with Gasteiger partial charge in [0.2, 0.25) is 0 Å². The smallest absolute Gasteiger partial charge is 0.338 e. The second-order valence-corrected chi connectivity index (χ2v) is 6.60. The van der Waals surface area contributed by atoms with Gasteiger partial charge in [-0.2, -0.15) is 5.26 Å². The van der Waals surface area contributed by atoms with Gasteiger partial charge in [0.05, 0.1) is 18.1 Å². The van der Waals surface area contributed by atoms with E-state index in [9.17, 15) is 14.0 Å². The maximum atomic E-state index is 13.0. The number of halogens is 1. The van der Waals surface area contributed by atoms with Crippen molar-refractivity contribution < 1.29 is 23.5 Å². The van der Waals surface area contributed by atoms with Crippen LogP contribution in [0, 0.1) is 17.1 Å². The topological polar surface area (TPSA) is 88.4 Å². The van der Waals surface area contributed by atoms with Crippen molar-refractivity contribution >= 4 is 17.6 Å². The molecule has 31 heavy (non-hydrogen) atoms. The summed E-state index contributed by atoms with van der Waals surface area (Å²) in [6.07, 6.45) is 0.290. The predicted molar refractivity (Wildman–Crippen MR) is 112 cm³/mol. The van der Waals surface area contributed by atoms with Gasteiger partial charge in [0.15, 0.2) is 6.61 Å². The molecule has 0 atom stereocenters. The fourth-order valence-electron chi connectivity index (χ4n) is 2.67. The third-order valence-electron chi connectivity index (χ3n) is 4.24. The Kier molecular flexibility index (Phi) is 7.33. The Morgan fingerprint density at radius 2 is 1.68 bits per heavy atom. The van der Waals surface area contributed by atoms with Gasteiger partial charge < -0.3 is 14.8 Å². The van der Waals surface area contributed by atoms with E-state index in [4.69, 9.17) is 14.7 Å². The first-order valence-electron chi connectivity index (χ1n) is 9.43. The molecule has 0 bridgehead atoms. The molecule has 156 valence electrons.